The van der Waals surface area contributed by atoms with Crippen molar-refractivity contribution < 1.29 is 48.8 Å². The highest BCUT2D eigenvalue weighted by Gasteiger charge is 2.25. The number of pyridine rings is 1. The number of nitrogens with zero attached hydrogens (tertiary/aromatic N) is 2. The maximum absolute atomic E-state index is 12.2. The van der Waals surface area contributed by atoms with E-state index in [1.807, 2.05) is 43.1 Å². The number of aromatic hydroxyl groups is 1. The lowest BCUT2D eigenvalue weighted by molar-refractivity contribution is -0.136. The first-order valence-corrected chi connectivity index (χ1v) is 15.4. The molecule has 0 spiro atoms. The minimum atomic E-state index is -0.745. The van der Waals surface area contributed by atoms with Crippen LogP contribution >= 0.6 is 0 Å². The van der Waals surface area contributed by atoms with E-state index in [0.29, 0.717) is 30.8 Å². The summed E-state index contributed by atoms with van der Waals surface area (Å²) in [6, 6.07) is 12.6. The molecule has 1 aromatic carbocycles. The van der Waals surface area contributed by atoms with E-state index in [0.717, 1.165) is 45.0 Å². The molecule has 48 heavy (non-hydrogen) atoms. The van der Waals surface area contributed by atoms with Crippen molar-refractivity contribution in [2.45, 2.75) is 73.1 Å². The molecule has 0 aliphatic carbocycles. The van der Waals surface area contributed by atoms with E-state index < -0.39 is 5.97 Å². The summed E-state index contributed by atoms with van der Waals surface area (Å²) < 4.78 is 4.84. The van der Waals surface area contributed by atoms with Gasteiger partial charge in [-0.25, -0.2) is 0 Å². The lowest BCUT2D eigenvalue weighted by Crippen LogP contribution is -2.30. The second-order valence-corrected chi connectivity index (χ2v) is 8.91. The number of aldehydes is 2. The first-order valence-electron chi connectivity index (χ1n) is 15.4. The standard InChI is InChI=1S/C15H22N2O.C7H8O2.C3H5NO2.C3H6O2.C2H4O.C2H6.CH3NO.CH4O/c1-12(2)13(14-7-3-4-8-16-14)11-15(18)17-9-5-6-10-17;1-9-7-4-2-3-6(8)5-7;5-2-1-4-3-6;1-2-3(4)5;1-2-3;1-2;2-1-3;1-2/h3-4,7-8,12-13H,5-6,9-11H2,1-2H3;2-5,8H,1H3;2-3H,1H2,(H,4,6);2H2,1H3,(H,4,5);2H,1H3;1-2H3;1H,(H2,2,3);2H,1H3. The Morgan fingerprint density at radius 2 is 1.56 bits per heavy atom. The van der Waals surface area contributed by atoms with Gasteiger partial charge in [-0.3, -0.25) is 24.2 Å². The van der Waals surface area contributed by atoms with Gasteiger partial charge in [-0.05, 0) is 49.9 Å². The number of hydrogen-bond acceptors (Lipinski definition) is 10. The number of methoxy groups -OCH3 is 1. The zero-order valence-electron chi connectivity index (χ0n) is 29.7. The number of phenols is 1. The highest BCUT2D eigenvalue weighted by Crippen LogP contribution is 2.27. The number of rotatable bonds is 9. The van der Waals surface area contributed by atoms with Crippen LogP contribution in [0.25, 0.3) is 0 Å². The number of primary amides is 1. The second-order valence-electron chi connectivity index (χ2n) is 8.91. The average molecular weight is 683 g/mol. The highest BCUT2D eigenvalue weighted by atomic mass is 16.5. The number of aliphatic hydroxyl groups is 1. The first kappa shape index (κ1) is 52.7. The summed E-state index contributed by atoms with van der Waals surface area (Å²) in [5, 5.41) is 25.7. The number of likely N-dealkylation sites (tertiary alicyclic amines) is 1. The molecule has 1 saturated heterocycles. The van der Waals surface area contributed by atoms with Crippen LogP contribution in [0.15, 0.2) is 48.7 Å². The summed E-state index contributed by atoms with van der Waals surface area (Å²) in [5.74, 6) is 1.12. The minimum absolute atomic E-state index is 0.115. The van der Waals surface area contributed by atoms with Crippen molar-refractivity contribution in [2.24, 2.45) is 11.7 Å². The average Bonchev–Trinajstić information content (AvgIpc) is 3.65. The number of phenolic OH excluding ortho intramolecular Hbond substituents is 1. The van der Waals surface area contributed by atoms with Gasteiger partial charge in [0.15, 0.2) is 0 Å². The lowest BCUT2D eigenvalue weighted by Gasteiger charge is -2.23. The van der Waals surface area contributed by atoms with E-state index >= 15 is 0 Å². The number of hydrogen-bond donors (Lipinski definition) is 5. The Hall–Kier alpha value is -4.85. The molecule has 3 rings (SSSR count). The van der Waals surface area contributed by atoms with Crippen molar-refractivity contribution in [2.75, 3.05) is 33.9 Å². The normalized spacial score (nSPS) is 10.5. The van der Waals surface area contributed by atoms with Crippen LogP contribution in [0.4, 0.5) is 0 Å². The van der Waals surface area contributed by atoms with Crippen LogP contribution in [0.2, 0.25) is 0 Å². The predicted octanol–water partition coefficient (Wildman–Crippen LogP) is 3.59. The van der Waals surface area contributed by atoms with Crippen LogP contribution in [0.1, 0.15) is 78.8 Å². The SMILES string of the molecule is CC.CC(C)C(CC(=O)N1CCCC1)c1ccccn1.CC=O.CCC(=O)O.CO.COc1cccc(O)c1.NC=O.O=CCNC=O. The first-order chi connectivity index (χ1) is 23.0. The molecule has 1 aromatic heterocycles. The molecule has 2 heterocycles. The van der Waals surface area contributed by atoms with Gasteiger partial charge in [-0.2, -0.15) is 0 Å². The van der Waals surface area contributed by atoms with Gasteiger partial charge in [0.2, 0.25) is 18.7 Å². The molecule has 274 valence electrons. The Bertz CT molecular complexity index is 1020. The summed E-state index contributed by atoms with van der Waals surface area (Å²) in [4.78, 5) is 64.0. The molecule has 1 atom stereocenters. The van der Waals surface area contributed by atoms with E-state index in [2.05, 4.69) is 29.9 Å². The fourth-order valence-electron chi connectivity index (χ4n) is 3.27. The van der Waals surface area contributed by atoms with Crippen LogP contribution in [-0.2, 0) is 28.8 Å². The van der Waals surface area contributed by atoms with Crippen molar-refractivity contribution in [3.63, 3.8) is 0 Å². The van der Waals surface area contributed by atoms with Gasteiger partial charge < -0.3 is 45.6 Å². The lowest BCUT2D eigenvalue weighted by atomic mass is 9.88. The Labute approximate surface area is 285 Å². The van der Waals surface area contributed by atoms with Gasteiger partial charge in [-0.15, -0.1) is 0 Å². The molecule has 2 aromatic rings. The maximum Gasteiger partial charge on any atom is 0.303 e. The fourth-order valence-corrected chi connectivity index (χ4v) is 3.27. The number of carbonyl (C=O) groups is 6. The van der Waals surface area contributed by atoms with E-state index in [4.69, 9.17) is 29.6 Å². The Kier molecular flexibility index (Phi) is 46.3. The largest absolute Gasteiger partial charge is 0.508 e. The summed E-state index contributed by atoms with van der Waals surface area (Å²) in [5.41, 5.74) is 5.21. The number of nitrogens with one attached hydrogen (secondary N) is 1. The smallest absolute Gasteiger partial charge is 0.303 e. The van der Waals surface area contributed by atoms with Gasteiger partial charge in [0.25, 0.3) is 0 Å². The van der Waals surface area contributed by atoms with E-state index in [9.17, 15) is 19.2 Å². The summed E-state index contributed by atoms with van der Waals surface area (Å²) >= 11 is 0. The number of benzene rings is 1. The molecule has 0 saturated carbocycles. The molecule has 1 fully saturated rings. The number of aromatic nitrogens is 1. The molecule has 1 aliphatic heterocycles. The Morgan fingerprint density at radius 3 is 1.88 bits per heavy atom. The third-order valence-corrected chi connectivity index (χ3v) is 5.37. The molecule has 6 N–H and O–H groups in total. The fraction of sp³-hybridized carbons (Fsp3) is 0.500. The van der Waals surface area contributed by atoms with Gasteiger partial charge in [-0.1, -0.05) is 46.8 Å². The molecule has 1 unspecified atom stereocenters. The number of carboxylic acids is 1. The number of amides is 3. The molecular formula is C34H58N4O10. The molecule has 1 aliphatic rings. The molecule has 14 nitrogen and oxygen atoms in total. The van der Waals surface area contributed by atoms with E-state index in [1.54, 1.807) is 38.3 Å². The zero-order chi connectivity index (χ0) is 38.2. The van der Waals surface area contributed by atoms with E-state index in [1.165, 1.54) is 6.92 Å². The third kappa shape index (κ3) is 35.6. The molecule has 0 radical (unpaired) electrons. The topological polar surface area (TPSA) is 227 Å². The highest BCUT2D eigenvalue weighted by molar-refractivity contribution is 5.77. The van der Waals surface area contributed by atoms with Gasteiger partial charge >= 0.3 is 5.97 Å². The third-order valence-electron chi connectivity index (χ3n) is 5.37. The van der Waals surface area contributed by atoms with Crippen LogP contribution < -0.4 is 15.8 Å². The van der Waals surface area contributed by atoms with Crippen molar-refractivity contribution in [3.05, 3.63) is 54.4 Å². The predicted molar refractivity (Wildman–Crippen MR) is 186 cm³/mol. The zero-order valence-corrected chi connectivity index (χ0v) is 29.7. The quantitative estimate of drug-likeness (QED) is 0.190. The number of ether oxygens (including phenoxy) is 1. The van der Waals surface area contributed by atoms with Crippen molar-refractivity contribution in [3.8, 4) is 11.5 Å². The molecular weight excluding hydrogens is 624 g/mol. The minimum Gasteiger partial charge on any atom is -0.508 e. The van der Waals surface area contributed by atoms with Crippen molar-refractivity contribution in [1.82, 2.24) is 15.2 Å². The molecule has 14 heteroatoms. The number of aliphatic hydroxyl groups excluding tert-OH is 1. The van der Waals surface area contributed by atoms with Crippen LogP contribution in [-0.4, -0.2) is 96.3 Å². The summed E-state index contributed by atoms with van der Waals surface area (Å²) in [6.07, 6.45) is 7.03. The Balaban J connectivity index is -0.000000173. The van der Waals surface area contributed by atoms with Gasteiger partial charge in [0.1, 0.15) is 24.1 Å². The number of nitrogens with two attached hydrogens (primary N) is 1. The van der Waals surface area contributed by atoms with Crippen LogP contribution in [0.3, 0.4) is 0 Å². The summed E-state index contributed by atoms with van der Waals surface area (Å²) in [6.45, 7) is 13.4. The monoisotopic (exact) mass is 682 g/mol. The summed E-state index contributed by atoms with van der Waals surface area (Å²) in [7, 11) is 2.56. The van der Waals surface area contributed by atoms with Gasteiger partial charge in [0, 0.05) is 56.9 Å². The second kappa shape index (κ2) is 42.1. The number of aliphatic carboxylic acids is 1. The molecule has 0 bridgehead atoms. The van der Waals surface area contributed by atoms with Crippen molar-refractivity contribution in [1.29, 1.82) is 0 Å². The van der Waals surface area contributed by atoms with Crippen LogP contribution in [0, 0.1) is 5.92 Å². The van der Waals surface area contributed by atoms with Crippen molar-refractivity contribution >= 4 is 37.3 Å². The number of carbonyl (C=O) groups excluding carboxylic acids is 5. The Morgan fingerprint density at radius 1 is 1.04 bits per heavy atom. The van der Waals surface area contributed by atoms with Gasteiger partial charge in [0.05, 0.1) is 13.7 Å². The molecule has 3 amide bonds. The van der Waals surface area contributed by atoms with Crippen LogP contribution in [0.5, 0.6) is 11.5 Å². The van der Waals surface area contributed by atoms with E-state index in [-0.39, 0.29) is 37.0 Å². The number of carboxylic acid groups (broad SMARTS) is 1. The maximum atomic E-state index is 12.2.